The molecule has 0 spiro atoms. The van der Waals surface area contributed by atoms with E-state index >= 15 is 0 Å². The Bertz CT molecular complexity index is 497. The number of benzene rings is 1. The molecule has 1 aromatic carbocycles. The van der Waals surface area contributed by atoms with Gasteiger partial charge in [0.2, 0.25) is 5.28 Å². The quantitative estimate of drug-likeness (QED) is 0.607. The van der Waals surface area contributed by atoms with Crippen LogP contribution in [0.3, 0.4) is 0 Å². The van der Waals surface area contributed by atoms with Crippen molar-refractivity contribution in [3.63, 3.8) is 0 Å². The van der Waals surface area contributed by atoms with Crippen LogP contribution in [-0.2, 0) is 0 Å². The first-order chi connectivity index (χ1) is 8.15. The first-order valence-corrected chi connectivity index (χ1v) is 6.61. The van der Waals surface area contributed by atoms with Crippen molar-refractivity contribution < 1.29 is 0 Å². The van der Waals surface area contributed by atoms with Crippen LogP contribution < -0.4 is 0 Å². The van der Waals surface area contributed by atoms with Crippen LogP contribution in [0.25, 0.3) is 0 Å². The van der Waals surface area contributed by atoms with Crippen LogP contribution in [0.2, 0.25) is 5.28 Å². The van der Waals surface area contributed by atoms with E-state index in [1.54, 1.807) is 18.0 Å². The smallest absolute Gasteiger partial charge is 0.223 e. The molecule has 0 aliphatic heterocycles. The minimum atomic E-state index is 0.286. The van der Waals surface area contributed by atoms with Crippen molar-refractivity contribution >= 4 is 23.4 Å². The second-order valence-electron chi connectivity index (χ2n) is 3.99. The van der Waals surface area contributed by atoms with Gasteiger partial charge in [-0.25, -0.2) is 9.97 Å². The zero-order valence-electron chi connectivity index (χ0n) is 9.72. The minimum absolute atomic E-state index is 0.286. The van der Waals surface area contributed by atoms with Crippen molar-refractivity contribution in [1.82, 2.24) is 9.97 Å². The second kappa shape index (κ2) is 5.52. The first kappa shape index (κ1) is 12.4. The van der Waals surface area contributed by atoms with Gasteiger partial charge in [0.05, 0.1) is 0 Å². The summed E-state index contributed by atoms with van der Waals surface area (Å²) < 4.78 is 0. The normalized spacial score (nSPS) is 10.8. The van der Waals surface area contributed by atoms with Gasteiger partial charge in [-0.15, -0.1) is 0 Å². The Morgan fingerprint density at radius 1 is 1.12 bits per heavy atom. The van der Waals surface area contributed by atoms with E-state index in [4.69, 9.17) is 11.6 Å². The Morgan fingerprint density at radius 2 is 1.82 bits per heavy atom. The molecule has 0 atom stereocenters. The van der Waals surface area contributed by atoms with Crippen LogP contribution in [0.15, 0.2) is 46.5 Å². The van der Waals surface area contributed by atoms with Crippen LogP contribution in [0.5, 0.6) is 0 Å². The second-order valence-corrected chi connectivity index (χ2v) is 5.42. The summed E-state index contributed by atoms with van der Waals surface area (Å²) in [6.07, 6.45) is 1.67. The van der Waals surface area contributed by atoms with Crippen molar-refractivity contribution in [1.29, 1.82) is 0 Å². The van der Waals surface area contributed by atoms with E-state index in [0.29, 0.717) is 5.92 Å². The zero-order valence-corrected chi connectivity index (χ0v) is 11.3. The van der Waals surface area contributed by atoms with Crippen LogP contribution in [-0.4, -0.2) is 9.97 Å². The molecule has 17 heavy (non-hydrogen) atoms. The number of hydrogen-bond donors (Lipinski definition) is 0. The molecule has 4 heteroatoms. The van der Waals surface area contributed by atoms with E-state index in [2.05, 4.69) is 48.1 Å². The Balaban J connectivity index is 2.14. The van der Waals surface area contributed by atoms with Gasteiger partial charge in [-0.1, -0.05) is 37.7 Å². The maximum absolute atomic E-state index is 5.74. The molecule has 0 bridgehead atoms. The molecule has 0 saturated heterocycles. The highest BCUT2D eigenvalue weighted by atomic mass is 35.5. The lowest BCUT2D eigenvalue weighted by atomic mass is 10.0. The van der Waals surface area contributed by atoms with Crippen molar-refractivity contribution in [3.05, 3.63) is 47.4 Å². The molecule has 2 nitrogen and oxygen atoms in total. The molecule has 2 rings (SSSR count). The van der Waals surface area contributed by atoms with Gasteiger partial charge in [0.1, 0.15) is 5.03 Å². The molecule has 0 fully saturated rings. The van der Waals surface area contributed by atoms with Gasteiger partial charge >= 0.3 is 0 Å². The topological polar surface area (TPSA) is 25.8 Å². The Hall–Kier alpha value is -1.06. The maximum atomic E-state index is 5.74. The summed E-state index contributed by atoms with van der Waals surface area (Å²) in [5, 5.41) is 1.15. The average Bonchev–Trinajstić information content (AvgIpc) is 2.29. The number of rotatable bonds is 3. The van der Waals surface area contributed by atoms with Crippen LogP contribution in [0.4, 0.5) is 0 Å². The fraction of sp³-hybridized carbons (Fsp3) is 0.231. The highest BCUT2D eigenvalue weighted by Gasteiger charge is 2.02. The molecule has 0 aliphatic rings. The number of nitrogens with zero attached hydrogens (tertiary/aromatic N) is 2. The molecule has 0 N–H and O–H groups in total. The van der Waals surface area contributed by atoms with E-state index in [9.17, 15) is 0 Å². The average molecular weight is 265 g/mol. The standard InChI is InChI=1S/C13H13ClN2S/c1-9(2)10-3-5-11(6-4-10)17-12-7-8-15-13(14)16-12/h3-9H,1-2H3. The summed E-state index contributed by atoms with van der Waals surface area (Å²) in [5.74, 6) is 0.558. The molecule has 2 aromatic rings. The Morgan fingerprint density at radius 3 is 2.41 bits per heavy atom. The lowest BCUT2D eigenvalue weighted by molar-refractivity contribution is 0.865. The number of aromatic nitrogens is 2. The molecule has 0 radical (unpaired) electrons. The SMILES string of the molecule is CC(C)c1ccc(Sc2ccnc(Cl)n2)cc1. The largest absolute Gasteiger partial charge is 0.226 e. The van der Waals surface area contributed by atoms with Gasteiger partial charge in [-0.2, -0.15) is 0 Å². The van der Waals surface area contributed by atoms with E-state index in [1.807, 2.05) is 6.07 Å². The van der Waals surface area contributed by atoms with Crippen LogP contribution >= 0.6 is 23.4 Å². The fourth-order valence-corrected chi connectivity index (χ4v) is 2.39. The van der Waals surface area contributed by atoms with E-state index in [1.165, 1.54) is 5.56 Å². The summed E-state index contributed by atoms with van der Waals surface area (Å²) >= 11 is 7.33. The zero-order chi connectivity index (χ0) is 12.3. The third-order valence-corrected chi connectivity index (χ3v) is 3.50. The van der Waals surface area contributed by atoms with Gasteiger partial charge in [0.15, 0.2) is 0 Å². The fourth-order valence-electron chi connectivity index (χ4n) is 1.42. The van der Waals surface area contributed by atoms with Crippen molar-refractivity contribution in [2.75, 3.05) is 0 Å². The van der Waals surface area contributed by atoms with Gasteiger partial charge in [0, 0.05) is 11.1 Å². The Kier molecular flexibility index (Phi) is 4.02. The number of hydrogen-bond acceptors (Lipinski definition) is 3. The Labute approximate surface area is 110 Å². The van der Waals surface area contributed by atoms with Gasteiger partial charge in [-0.3, -0.25) is 0 Å². The van der Waals surface area contributed by atoms with Gasteiger partial charge in [-0.05, 0) is 41.3 Å². The molecular weight excluding hydrogens is 252 g/mol. The van der Waals surface area contributed by atoms with Crippen LogP contribution in [0.1, 0.15) is 25.3 Å². The summed E-state index contributed by atoms with van der Waals surface area (Å²) in [7, 11) is 0. The molecule has 0 unspecified atom stereocenters. The third kappa shape index (κ3) is 3.45. The van der Waals surface area contributed by atoms with Crippen LogP contribution in [0, 0.1) is 0 Å². The van der Waals surface area contributed by atoms with E-state index < -0.39 is 0 Å². The third-order valence-electron chi connectivity index (χ3n) is 2.37. The monoisotopic (exact) mass is 264 g/mol. The highest BCUT2D eigenvalue weighted by molar-refractivity contribution is 7.99. The summed E-state index contributed by atoms with van der Waals surface area (Å²) in [4.78, 5) is 9.16. The first-order valence-electron chi connectivity index (χ1n) is 5.41. The summed E-state index contributed by atoms with van der Waals surface area (Å²) in [6.45, 7) is 4.37. The number of halogens is 1. The minimum Gasteiger partial charge on any atom is -0.226 e. The highest BCUT2D eigenvalue weighted by Crippen LogP contribution is 2.27. The molecule has 0 aliphatic carbocycles. The molecule has 88 valence electrons. The molecule has 1 aromatic heterocycles. The molecule has 1 heterocycles. The summed E-state index contributed by atoms with van der Waals surface area (Å²) in [6, 6.07) is 10.4. The maximum Gasteiger partial charge on any atom is 0.223 e. The van der Waals surface area contributed by atoms with Crippen molar-refractivity contribution in [3.8, 4) is 0 Å². The van der Waals surface area contributed by atoms with E-state index in [0.717, 1.165) is 9.92 Å². The van der Waals surface area contributed by atoms with Gasteiger partial charge in [0.25, 0.3) is 0 Å². The molecule has 0 saturated carbocycles. The predicted molar refractivity (Wildman–Crippen MR) is 71.7 cm³/mol. The molecular formula is C13H13ClN2S. The van der Waals surface area contributed by atoms with E-state index in [-0.39, 0.29) is 5.28 Å². The predicted octanol–water partition coefficient (Wildman–Crippen LogP) is 4.40. The lowest BCUT2D eigenvalue weighted by Gasteiger charge is -2.06. The summed E-state index contributed by atoms with van der Waals surface area (Å²) in [5.41, 5.74) is 1.34. The van der Waals surface area contributed by atoms with Crippen molar-refractivity contribution in [2.45, 2.75) is 29.7 Å². The molecule has 0 amide bonds. The van der Waals surface area contributed by atoms with Crippen molar-refractivity contribution in [2.24, 2.45) is 0 Å². The van der Waals surface area contributed by atoms with Gasteiger partial charge < -0.3 is 0 Å². The lowest BCUT2D eigenvalue weighted by Crippen LogP contribution is -1.87.